The fourth-order valence-corrected chi connectivity index (χ4v) is 3.58. The number of carbonyl (C=O) groups is 1. The summed E-state index contributed by atoms with van der Waals surface area (Å²) in [6.07, 6.45) is 0.632. The molecule has 0 saturated heterocycles. The minimum absolute atomic E-state index is 0.0587. The van der Waals surface area contributed by atoms with Crippen molar-refractivity contribution in [1.29, 1.82) is 0 Å². The fourth-order valence-electron chi connectivity index (χ4n) is 3.38. The SMILES string of the molecule is CC(C)C(C(=O)Nc1ccc2c(c1F)CCNC2)c1cccc(Cl)c1. The van der Waals surface area contributed by atoms with Gasteiger partial charge in [-0.1, -0.05) is 43.6 Å². The van der Waals surface area contributed by atoms with Crippen molar-refractivity contribution in [1.82, 2.24) is 5.32 Å². The lowest BCUT2D eigenvalue weighted by molar-refractivity contribution is -0.118. The zero-order valence-corrected chi connectivity index (χ0v) is 15.2. The first-order valence-corrected chi connectivity index (χ1v) is 8.92. The molecule has 1 aliphatic heterocycles. The van der Waals surface area contributed by atoms with Crippen LogP contribution in [-0.4, -0.2) is 12.5 Å². The van der Waals surface area contributed by atoms with E-state index in [1.54, 1.807) is 18.2 Å². The molecule has 1 aliphatic rings. The molecular formula is C20H22ClFN2O. The fraction of sp³-hybridized carbons (Fsp3) is 0.350. The van der Waals surface area contributed by atoms with Gasteiger partial charge in [0.05, 0.1) is 11.6 Å². The third-order valence-electron chi connectivity index (χ3n) is 4.62. The van der Waals surface area contributed by atoms with Crippen LogP contribution in [0.1, 0.15) is 36.5 Å². The van der Waals surface area contributed by atoms with Gasteiger partial charge in [0, 0.05) is 11.6 Å². The lowest BCUT2D eigenvalue weighted by Crippen LogP contribution is -2.27. The zero-order chi connectivity index (χ0) is 18.0. The summed E-state index contributed by atoms with van der Waals surface area (Å²) < 4.78 is 14.8. The Morgan fingerprint density at radius 1 is 1.28 bits per heavy atom. The maximum atomic E-state index is 14.8. The Hall–Kier alpha value is -1.91. The second-order valence-electron chi connectivity index (χ2n) is 6.76. The van der Waals surface area contributed by atoms with E-state index in [1.807, 2.05) is 32.0 Å². The molecule has 2 aromatic rings. The van der Waals surface area contributed by atoms with Gasteiger partial charge in [0.25, 0.3) is 0 Å². The highest BCUT2D eigenvalue weighted by molar-refractivity contribution is 6.30. The van der Waals surface area contributed by atoms with Crippen molar-refractivity contribution in [2.45, 2.75) is 32.7 Å². The van der Waals surface area contributed by atoms with Gasteiger partial charge in [0.2, 0.25) is 5.91 Å². The lowest BCUT2D eigenvalue weighted by Gasteiger charge is -2.23. The van der Waals surface area contributed by atoms with Gasteiger partial charge >= 0.3 is 0 Å². The highest BCUT2D eigenvalue weighted by Crippen LogP contribution is 2.30. The van der Waals surface area contributed by atoms with E-state index in [0.717, 1.165) is 17.7 Å². The summed E-state index contributed by atoms with van der Waals surface area (Å²) in [4.78, 5) is 12.9. The number of amides is 1. The topological polar surface area (TPSA) is 41.1 Å². The van der Waals surface area contributed by atoms with Crippen molar-refractivity contribution in [3.63, 3.8) is 0 Å². The van der Waals surface area contributed by atoms with E-state index in [-0.39, 0.29) is 23.3 Å². The molecule has 132 valence electrons. The van der Waals surface area contributed by atoms with E-state index in [1.165, 1.54) is 0 Å². The Balaban J connectivity index is 1.87. The molecule has 2 aromatic carbocycles. The number of anilines is 1. The molecule has 0 saturated carbocycles. The van der Waals surface area contributed by atoms with Gasteiger partial charge < -0.3 is 10.6 Å². The van der Waals surface area contributed by atoms with E-state index in [9.17, 15) is 9.18 Å². The number of rotatable bonds is 4. The van der Waals surface area contributed by atoms with Crippen LogP contribution in [-0.2, 0) is 17.8 Å². The van der Waals surface area contributed by atoms with Gasteiger partial charge in [-0.2, -0.15) is 0 Å². The summed E-state index contributed by atoms with van der Waals surface area (Å²) >= 11 is 6.07. The third-order valence-corrected chi connectivity index (χ3v) is 4.86. The molecule has 5 heteroatoms. The van der Waals surface area contributed by atoms with Crippen molar-refractivity contribution < 1.29 is 9.18 Å². The van der Waals surface area contributed by atoms with E-state index in [4.69, 9.17) is 11.6 Å². The Morgan fingerprint density at radius 2 is 2.08 bits per heavy atom. The summed E-state index contributed by atoms with van der Waals surface area (Å²) in [5.41, 5.74) is 2.73. The molecule has 0 fully saturated rings. The van der Waals surface area contributed by atoms with E-state index in [0.29, 0.717) is 23.6 Å². The Bertz CT molecular complexity index is 791. The number of carbonyl (C=O) groups excluding carboxylic acids is 1. The number of hydrogen-bond donors (Lipinski definition) is 2. The van der Waals surface area contributed by atoms with Gasteiger partial charge in [-0.3, -0.25) is 4.79 Å². The normalized spacial score (nSPS) is 14.9. The molecule has 1 unspecified atom stereocenters. The van der Waals surface area contributed by atoms with Crippen molar-refractivity contribution in [3.05, 3.63) is 63.9 Å². The molecule has 0 radical (unpaired) electrons. The van der Waals surface area contributed by atoms with Crippen LogP contribution in [0, 0.1) is 11.7 Å². The molecule has 0 spiro atoms. The first-order chi connectivity index (χ1) is 12.0. The standard InChI is InChI=1S/C20H22ClFN2O/c1-12(2)18(13-4-3-5-15(21)10-13)20(25)24-17-7-6-14-11-23-9-8-16(14)19(17)22/h3-7,10,12,18,23H,8-9,11H2,1-2H3,(H,24,25). The Kier molecular flexibility index (Phi) is 5.40. The summed E-state index contributed by atoms with van der Waals surface area (Å²) in [6, 6.07) is 10.8. The molecule has 1 atom stereocenters. The van der Waals surface area contributed by atoms with Crippen LogP contribution in [0.2, 0.25) is 5.02 Å². The highest BCUT2D eigenvalue weighted by Gasteiger charge is 2.26. The maximum Gasteiger partial charge on any atom is 0.232 e. The minimum atomic E-state index is -0.393. The molecule has 2 N–H and O–H groups in total. The number of benzene rings is 2. The predicted molar refractivity (Wildman–Crippen MR) is 99.5 cm³/mol. The van der Waals surface area contributed by atoms with Gasteiger partial charge in [-0.05, 0) is 53.8 Å². The Morgan fingerprint density at radius 3 is 2.80 bits per heavy atom. The van der Waals surface area contributed by atoms with Crippen molar-refractivity contribution in [2.24, 2.45) is 5.92 Å². The summed E-state index contributed by atoms with van der Waals surface area (Å²) in [5.74, 6) is -0.870. The average molecular weight is 361 g/mol. The van der Waals surface area contributed by atoms with Crippen molar-refractivity contribution in [2.75, 3.05) is 11.9 Å². The number of hydrogen-bond acceptors (Lipinski definition) is 2. The molecule has 0 bridgehead atoms. The van der Waals surface area contributed by atoms with Gasteiger partial charge in [0.1, 0.15) is 5.82 Å². The van der Waals surface area contributed by atoms with Crippen LogP contribution in [0.5, 0.6) is 0 Å². The zero-order valence-electron chi connectivity index (χ0n) is 14.4. The number of nitrogens with one attached hydrogen (secondary N) is 2. The minimum Gasteiger partial charge on any atom is -0.323 e. The van der Waals surface area contributed by atoms with Crippen LogP contribution >= 0.6 is 11.6 Å². The van der Waals surface area contributed by atoms with Crippen LogP contribution in [0.4, 0.5) is 10.1 Å². The molecule has 1 amide bonds. The first-order valence-electron chi connectivity index (χ1n) is 8.54. The van der Waals surface area contributed by atoms with Crippen LogP contribution < -0.4 is 10.6 Å². The molecule has 3 nitrogen and oxygen atoms in total. The van der Waals surface area contributed by atoms with Gasteiger partial charge in [0.15, 0.2) is 0 Å². The number of halogens is 2. The molecule has 25 heavy (non-hydrogen) atoms. The van der Waals surface area contributed by atoms with Gasteiger partial charge in [-0.25, -0.2) is 4.39 Å². The summed E-state index contributed by atoms with van der Waals surface area (Å²) in [6.45, 7) is 5.36. The molecule has 0 aromatic heterocycles. The average Bonchev–Trinajstić information content (AvgIpc) is 2.57. The predicted octanol–water partition coefficient (Wildman–Crippen LogP) is 4.50. The van der Waals surface area contributed by atoms with E-state index < -0.39 is 5.92 Å². The quantitative estimate of drug-likeness (QED) is 0.842. The molecule has 0 aliphatic carbocycles. The number of fused-ring (bicyclic) bond motifs is 1. The second kappa shape index (κ2) is 7.54. The molecular weight excluding hydrogens is 339 g/mol. The summed E-state index contributed by atoms with van der Waals surface area (Å²) in [7, 11) is 0. The largest absolute Gasteiger partial charge is 0.323 e. The van der Waals surface area contributed by atoms with Gasteiger partial charge in [-0.15, -0.1) is 0 Å². The highest BCUT2D eigenvalue weighted by atomic mass is 35.5. The monoisotopic (exact) mass is 360 g/mol. The lowest BCUT2D eigenvalue weighted by atomic mass is 9.87. The van der Waals surface area contributed by atoms with E-state index in [2.05, 4.69) is 10.6 Å². The first kappa shape index (κ1) is 17.9. The smallest absolute Gasteiger partial charge is 0.232 e. The van der Waals surface area contributed by atoms with Crippen molar-refractivity contribution >= 4 is 23.2 Å². The Labute approximate surface area is 152 Å². The van der Waals surface area contributed by atoms with Crippen LogP contribution in [0.15, 0.2) is 36.4 Å². The second-order valence-corrected chi connectivity index (χ2v) is 7.19. The van der Waals surface area contributed by atoms with E-state index >= 15 is 0 Å². The van der Waals surface area contributed by atoms with Crippen LogP contribution in [0.3, 0.4) is 0 Å². The summed E-state index contributed by atoms with van der Waals surface area (Å²) in [5, 5.41) is 6.59. The maximum absolute atomic E-state index is 14.8. The van der Waals surface area contributed by atoms with Crippen LogP contribution in [0.25, 0.3) is 0 Å². The molecule has 1 heterocycles. The third kappa shape index (κ3) is 3.86. The van der Waals surface area contributed by atoms with Crippen molar-refractivity contribution in [3.8, 4) is 0 Å². The molecule has 3 rings (SSSR count).